The fourth-order valence-corrected chi connectivity index (χ4v) is 5.16. The summed E-state index contributed by atoms with van der Waals surface area (Å²) in [7, 11) is 0. The van der Waals surface area contributed by atoms with Crippen LogP contribution in [-0.4, -0.2) is 24.4 Å². The summed E-state index contributed by atoms with van der Waals surface area (Å²) >= 11 is 12.6. The largest absolute Gasteiger partial charge is 0.462 e. The van der Waals surface area contributed by atoms with Crippen molar-refractivity contribution in [2.75, 3.05) is 17.2 Å². The third-order valence-electron chi connectivity index (χ3n) is 5.60. The second kappa shape index (κ2) is 9.65. The second-order valence-electron chi connectivity index (χ2n) is 8.07. The highest BCUT2D eigenvalue weighted by molar-refractivity contribution is 7.19. The Morgan fingerprint density at radius 1 is 1.16 bits per heavy atom. The number of halogens is 2. The van der Waals surface area contributed by atoms with Crippen LogP contribution in [0.4, 0.5) is 10.7 Å². The van der Waals surface area contributed by atoms with Gasteiger partial charge >= 0.3 is 5.97 Å². The number of allylic oxidation sites excluding steroid dienone is 1. The molecule has 0 unspecified atom stereocenters. The molecule has 0 spiro atoms. The molecule has 2 aromatic rings. The first-order valence-electron chi connectivity index (χ1n) is 10.1. The van der Waals surface area contributed by atoms with Gasteiger partial charge in [-0.2, -0.15) is 0 Å². The molecule has 1 saturated carbocycles. The Morgan fingerprint density at radius 3 is 2.41 bits per heavy atom. The summed E-state index contributed by atoms with van der Waals surface area (Å²) in [5.74, 6) is -1.72. The van der Waals surface area contributed by atoms with Crippen LogP contribution in [0, 0.1) is 24.2 Å². The molecule has 0 radical (unpaired) electrons. The molecule has 0 saturated heterocycles. The Bertz CT molecular complexity index is 1080. The van der Waals surface area contributed by atoms with E-state index in [2.05, 4.69) is 10.6 Å². The van der Waals surface area contributed by atoms with E-state index in [4.69, 9.17) is 27.9 Å². The second-order valence-corrected chi connectivity index (χ2v) is 10.1. The molecule has 1 aromatic heterocycles. The van der Waals surface area contributed by atoms with Gasteiger partial charge in [-0.3, -0.25) is 9.59 Å². The van der Waals surface area contributed by atoms with Crippen LogP contribution in [0.5, 0.6) is 0 Å². The first-order valence-corrected chi connectivity index (χ1v) is 11.7. The van der Waals surface area contributed by atoms with Crippen molar-refractivity contribution in [2.45, 2.75) is 27.7 Å². The standard InChI is InChI=1S/C23H24Cl2N2O4S/c1-5-31-22(30)16-12(2)18(20(29)26-13-9-7-6-8-10-13)32-21(16)27-19(28)17-14(11-15(24)25)23(17,3)4/h6-11,14,17H,5H2,1-4H3,(H,26,29)(H,27,28)/t14-,17+/m1/s1. The van der Waals surface area contributed by atoms with Crippen molar-refractivity contribution in [1.82, 2.24) is 0 Å². The molecule has 9 heteroatoms. The number of carbonyl (C=O) groups excluding carboxylic acids is 3. The Labute approximate surface area is 200 Å². The van der Waals surface area contributed by atoms with Gasteiger partial charge in [-0.25, -0.2) is 4.79 Å². The fraction of sp³-hybridized carbons (Fsp3) is 0.348. The zero-order valence-corrected chi connectivity index (χ0v) is 20.5. The monoisotopic (exact) mass is 494 g/mol. The lowest BCUT2D eigenvalue weighted by atomic mass is 10.1. The molecular weight excluding hydrogens is 471 g/mol. The first kappa shape index (κ1) is 24.3. The number of benzene rings is 1. The number of carbonyl (C=O) groups is 3. The molecule has 32 heavy (non-hydrogen) atoms. The summed E-state index contributed by atoms with van der Waals surface area (Å²) in [5.41, 5.74) is 0.931. The number of amides is 2. The predicted octanol–water partition coefficient (Wildman–Crippen LogP) is 6.02. The van der Waals surface area contributed by atoms with Crippen molar-refractivity contribution in [1.29, 1.82) is 0 Å². The normalized spacial score (nSPS) is 18.4. The van der Waals surface area contributed by atoms with Gasteiger partial charge in [0.2, 0.25) is 5.91 Å². The highest BCUT2D eigenvalue weighted by atomic mass is 35.5. The molecule has 1 aromatic carbocycles. The minimum Gasteiger partial charge on any atom is -0.462 e. The number of nitrogens with one attached hydrogen (secondary N) is 2. The summed E-state index contributed by atoms with van der Waals surface area (Å²) in [5, 5.41) is 5.93. The van der Waals surface area contributed by atoms with Crippen LogP contribution in [0.1, 0.15) is 46.4 Å². The van der Waals surface area contributed by atoms with E-state index in [9.17, 15) is 14.4 Å². The average Bonchev–Trinajstić information content (AvgIpc) is 3.08. The van der Waals surface area contributed by atoms with Crippen LogP contribution in [-0.2, 0) is 9.53 Å². The lowest BCUT2D eigenvalue weighted by molar-refractivity contribution is -0.118. The van der Waals surface area contributed by atoms with Crippen molar-refractivity contribution in [3.8, 4) is 0 Å². The van der Waals surface area contributed by atoms with E-state index in [1.165, 1.54) is 0 Å². The Balaban J connectivity index is 1.90. The van der Waals surface area contributed by atoms with Gasteiger partial charge in [0, 0.05) is 5.69 Å². The van der Waals surface area contributed by atoms with Gasteiger partial charge < -0.3 is 15.4 Å². The molecule has 3 rings (SSSR count). The zero-order valence-electron chi connectivity index (χ0n) is 18.1. The van der Waals surface area contributed by atoms with E-state index >= 15 is 0 Å². The molecule has 2 amide bonds. The van der Waals surface area contributed by atoms with Crippen LogP contribution in [0.2, 0.25) is 0 Å². The molecule has 1 aliphatic rings. The van der Waals surface area contributed by atoms with Crippen LogP contribution in [0.25, 0.3) is 0 Å². The summed E-state index contributed by atoms with van der Waals surface area (Å²) in [6.07, 6.45) is 1.65. The van der Waals surface area contributed by atoms with E-state index < -0.39 is 5.97 Å². The van der Waals surface area contributed by atoms with E-state index in [-0.39, 0.29) is 50.7 Å². The Morgan fingerprint density at radius 2 is 1.81 bits per heavy atom. The maximum Gasteiger partial charge on any atom is 0.341 e. The quantitative estimate of drug-likeness (QED) is 0.461. The molecule has 170 valence electrons. The van der Waals surface area contributed by atoms with Crippen molar-refractivity contribution in [3.05, 3.63) is 56.9 Å². The number of anilines is 2. The third kappa shape index (κ3) is 5.00. The van der Waals surface area contributed by atoms with Crippen molar-refractivity contribution in [3.63, 3.8) is 0 Å². The highest BCUT2D eigenvalue weighted by Gasteiger charge is 2.60. The van der Waals surface area contributed by atoms with Crippen molar-refractivity contribution >= 4 is 63.0 Å². The zero-order chi connectivity index (χ0) is 23.6. The Hall–Kier alpha value is -2.35. The predicted molar refractivity (Wildman–Crippen MR) is 129 cm³/mol. The minimum atomic E-state index is -0.592. The number of esters is 1. The van der Waals surface area contributed by atoms with Crippen LogP contribution >= 0.6 is 34.5 Å². The minimum absolute atomic E-state index is 0.109. The van der Waals surface area contributed by atoms with E-state index in [1.807, 2.05) is 32.0 Å². The molecule has 2 N–H and O–H groups in total. The number of ether oxygens (including phenoxy) is 1. The van der Waals surface area contributed by atoms with Gasteiger partial charge in [0.05, 0.1) is 23.0 Å². The molecule has 1 heterocycles. The molecule has 1 aliphatic carbocycles. The lowest BCUT2D eigenvalue weighted by Crippen LogP contribution is -2.18. The number of hydrogen-bond acceptors (Lipinski definition) is 5. The summed E-state index contributed by atoms with van der Waals surface area (Å²) in [6.45, 7) is 7.42. The fourth-order valence-electron chi connectivity index (χ4n) is 3.79. The number of rotatable bonds is 7. The topological polar surface area (TPSA) is 84.5 Å². The Kier molecular flexibility index (Phi) is 7.32. The number of thiophene rings is 1. The summed E-state index contributed by atoms with van der Waals surface area (Å²) in [4.78, 5) is 38.9. The molecule has 0 bridgehead atoms. The molecule has 1 fully saturated rings. The molecular formula is C23H24Cl2N2O4S. The van der Waals surface area contributed by atoms with Gasteiger partial charge in [-0.05, 0) is 49.0 Å². The van der Waals surface area contributed by atoms with E-state index in [1.54, 1.807) is 32.1 Å². The van der Waals surface area contributed by atoms with Crippen LogP contribution in [0.15, 0.2) is 40.9 Å². The van der Waals surface area contributed by atoms with E-state index in [0.29, 0.717) is 16.1 Å². The van der Waals surface area contributed by atoms with E-state index in [0.717, 1.165) is 11.3 Å². The van der Waals surface area contributed by atoms with Gasteiger partial charge in [0.15, 0.2) is 0 Å². The van der Waals surface area contributed by atoms with Crippen molar-refractivity contribution in [2.24, 2.45) is 17.3 Å². The highest BCUT2D eigenvalue weighted by Crippen LogP contribution is 2.60. The van der Waals surface area contributed by atoms with Gasteiger partial charge in [-0.15, -0.1) is 11.3 Å². The SMILES string of the molecule is CCOC(=O)c1c(NC(=O)[C@@H]2[C@@H](C=C(Cl)Cl)C2(C)C)sc(C(=O)Nc2ccccc2)c1C. The van der Waals surface area contributed by atoms with Crippen LogP contribution in [0.3, 0.4) is 0 Å². The van der Waals surface area contributed by atoms with Gasteiger partial charge in [0.1, 0.15) is 9.49 Å². The van der Waals surface area contributed by atoms with Gasteiger partial charge in [0.25, 0.3) is 5.91 Å². The molecule has 2 atom stereocenters. The first-order chi connectivity index (χ1) is 15.1. The number of para-hydroxylation sites is 1. The average molecular weight is 495 g/mol. The van der Waals surface area contributed by atoms with Gasteiger partial charge in [-0.1, -0.05) is 55.2 Å². The summed E-state index contributed by atoms with van der Waals surface area (Å²) < 4.78 is 5.28. The van der Waals surface area contributed by atoms with Crippen molar-refractivity contribution < 1.29 is 19.1 Å². The maximum absolute atomic E-state index is 13.0. The number of hydrogen-bond donors (Lipinski definition) is 2. The lowest BCUT2D eigenvalue weighted by Gasteiger charge is -2.08. The smallest absolute Gasteiger partial charge is 0.341 e. The molecule has 0 aliphatic heterocycles. The maximum atomic E-state index is 13.0. The third-order valence-corrected chi connectivity index (χ3v) is 7.06. The summed E-state index contributed by atoms with van der Waals surface area (Å²) in [6, 6.07) is 8.99. The molecule has 6 nitrogen and oxygen atoms in total. The van der Waals surface area contributed by atoms with Crippen LogP contribution < -0.4 is 10.6 Å².